The summed E-state index contributed by atoms with van der Waals surface area (Å²) in [7, 11) is 0. The Balaban J connectivity index is 1.61. The molecule has 0 unspecified atom stereocenters. The van der Waals surface area contributed by atoms with Crippen molar-refractivity contribution in [1.82, 2.24) is 4.90 Å². The number of carbonyl (C=O) groups is 2. The summed E-state index contributed by atoms with van der Waals surface area (Å²) >= 11 is 1.31. The molecule has 1 atom stereocenters. The molecule has 0 radical (unpaired) electrons. The Kier molecular flexibility index (Phi) is 5.20. The van der Waals surface area contributed by atoms with Crippen molar-refractivity contribution in [1.29, 1.82) is 0 Å². The Bertz CT molecular complexity index is 1300. The summed E-state index contributed by atoms with van der Waals surface area (Å²) in [4.78, 5) is 28.8. The lowest BCUT2D eigenvalue weighted by Crippen LogP contribution is -2.50. The SMILES string of the molecule is Cc1ccc2c(c1)[C@@]1(SCCN1C(=O)c1ccccc1F)C(=O)N2Cc1ccc(F)cc1F. The van der Waals surface area contributed by atoms with E-state index in [2.05, 4.69) is 0 Å². The minimum absolute atomic E-state index is 0.107. The Morgan fingerprint density at radius 3 is 2.58 bits per heavy atom. The van der Waals surface area contributed by atoms with Gasteiger partial charge in [0.1, 0.15) is 17.5 Å². The normalized spacial score (nSPS) is 19.5. The van der Waals surface area contributed by atoms with E-state index in [0.29, 0.717) is 17.0 Å². The van der Waals surface area contributed by atoms with Crippen LogP contribution in [0.25, 0.3) is 0 Å². The molecular formula is C25H19F3N2O2S. The van der Waals surface area contributed by atoms with Gasteiger partial charge in [-0.25, -0.2) is 13.2 Å². The summed E-state index contributed by atoms with van der Waals surface area (Å²) in [5, 5.41) is 0. The second kappa shape index (κ2) is 7.95. The summed E-state index contributed by atoms with van der Waals surface area (Å²) in [6, 6.07) is 14.4. The van der Waals surface area contributed by atoms with E-state index in [1.165, 1.54) is 45.8 Å². The summed E-state index contributed by atoms with van der Waals surface area (Å²) in [6.07, 6.45) is 0. The zero-order valence-electron chi connectivity index (χ0n) is 17.6. The Labute approximate surface area is 193 Å². The fourth-order valence-corrected chi connectivity index (χ4v) is 5.94. The van der Waals surface area contributed by atoms with Crippen molar-refractivity contribution in [2.24, 2.45) is 0 Å². The maximum atomic E-state index is 14.4. The number of anilines is 1. The lowest BCUT2D eigenvalue weighted by atomic mass is 10.0. The van der Waals surface area contributed by atoms with E-state index in [-0.39, 0.29) is 24.2 Å². The molecule has 4 nitrogen and oxygen atoms in total. The molecule has 8 heteroatoms. The van der Waals surface area contributed by atoms with E-state index in [9.17, 15) is 22.8 Å². The fraction of sp³-hybridized carbons (Fsp3) is 0.200. The van der Waals surface area contributed by atoms with E-state index in [1.807, 2.05) is 19.1 Å². The van der Waals surface area contributed by atoms with Gasteiger partial charge in [0, 0.05) is 29.5 Å². The van der Waals surface area contributed by atoms with Crippen molar-refractivity contribution in [3.05, 3.63) is 100 Å². The van der Waals surface area contributed by atoms with Crippen LogP contribution in [-0.2, 0) is 16.2 Å². The monoisotopic (exact) mass is 468 g/mol. The zero-order chi connectivity index (χ0) is 23.3. The van der Waals surface area contributed by atoms with E-state index in [1.54, 1.807) is 12.1 Å². The van der Waals surface area contributed by atoms with Gasteiger partial charge < -0.3 is 9.80 Å². The Hall–Kier alpha value is -3.26. The lowest BCUT2D eigenvalue weighted by Gasteiger charge is -2.33. The fourth-order valence-electron chi connectivity index (χ4n) is 4.49. The average molecular weight is 469 g/mol. The van der Waals surface area contributed by atoms with Gasteiger partial charge in [-0.1, -0.05) is 35.9 Å². The molecule has 0 aromatic heterocycles. The van der Waals surface area contributed by atoms with Crippen LogP contribution < -0.4 is 4.90 Å². The van der Waals surface area contributed by atoms with Gasteiger partial charge in [0.05, 0.1) is 17.8 Å². The van der Waals surface area contributed by atoms with Crippen LogP contribution in [0.1, 0.15) is 27.0 Å². The van der Waals surface area contributed by atoms with Crippen molar-refractivity contribution >= 4 is 29.3 Å². The summed E-state index contributed by atoms with van der Waals surface area (Å²) in [5.74, 6) is -2.61. The number of aryl methyl sites for hydroxylation is 1. The highest BCUT2D eigenvalue weighted by Gasteiger charge is 2.59. The van der Waals surface area contributed by atoms with E-state index in [0.717, 1.165) is 17.7 Å². The number of thioether (sulfide) groups is 1. The number of amides is 2. The van der Waals surface area contributed by atoms with Crippen LogP contribution in [0.3, 0.4) is 0 Å². The van der Waals surface area contributed by atoms with Crippen molar-refractivity contribution in [3.8, 4) is 0 Å². The van der Waals surface area contributed by atoms with Crippen LogP contribution in [0.4, 0.5) is 18.9 Å². The van der Waals surface area contributed by atoms with Crippen molar-refractivity contribution in [2.75, 3.05) is 17.2 Å². The van der Waals surface area contributed by atoms with Crippen LogP contribution in [0, 0.1) is 24.4 Å². The molecule has 3 aromatic carbocycles. The minimum Gasteiger partial charge on any atom is -0.311 e. The van der Waals surface area contributed by atoms with Gasteiger partial charge in [0.2, 0.25) is 0 Å². The third-order valence-corrected chi connectivity index (χ3v) is 7.46. The predicted octanol–water partition coefficient (Wildman–Crippen LogP) is 5.00. The standard InChI is InChI=1S/C25H19F3N2O2S/c1-15-6-9-22-19(12-15)25(24(32)29(22)14-16-7-8-17(26)13-21(16)28)30(10-11-33-25)23(31)18-4-2-3-5-20(18)27/h2-9,12-13H,10-11,14H2,1H3/t25-/m1/s1. The number of halogens is 3. The first-order valence-corrected chi connectivity index (χ1v) is 11.4. The second-order valence-electron chi connectivity index (χ2n) is 8.08. The van der Waals surface area contributed by atoms with E-state index >= 15 is 0 Å². The molecule has 168 valence electrons. The largest absolute Gasteiger partial charge is 0.311 e. The van der Waals surface area contributed by atoms with E-state index < -0.39 is 34.1 Å². The minimum atomic E-state index is -1.38. The topological polar surface area (TPSA) is 40.6 Å². The zero-order valence-corrected chi connectivity index (χ0v) is 18.5. The average Bonchev–Trinajstić information content (AvgIpc) is 3.32. The third-order valence-electron chi connectivity index (χ3n) is 6.04. The molecule has 3 aromatic rings. The molecule has 0 bridgehead atoms. The molecule has 1 spiro atoms. The van der Waals surface area contributed by atoms with Crippen molar-refractivity contribution in [3.63, 3.8) is 0 Å². The number of rotatable bonds is 3. The Morgan fingerprint density at radius 1 is 1.03 bits per heavy atom. The first-order valence-electron chi connectivity index (χ1n) is 10.4. The van der Waals surface area contributed by atoms with Crippen LogP contribution in [-0.4, -0.2) is 29.0 Å². The summed E-state index contributed by atoms with van der Waals surface area (Å²) < 4.78 is 42.3. The van der Waals surface area contributed by atoms with Crippen molar-refractivity contribution < 1.29 is 22.8 Å². The summed E-state index contributed by atoms with van der Waals surface area (Å²) in [5.41, 5.74) is 2.10. The highest BCUT2D eigenvalue weighted by atomic mass is 32.2. The number of benzene rings is 3. The van der Waals surface area contributed by atoms with Gasteiger partial charge >= 0.3 is 0 Å². The predicted molar refractivity (Wildman–Crippen MR) is 120 cm³/mol. The summed E-state index contributed by atoms with van der Waals surface area (Å²) in [6.45, 7) is 2.02. The van der Waals surface area contributed by atoms with Gasteiger partial charge in [-0.3, -0.25) is 9.59 Å². The molecule has 2 aliphatic heterocycles. The van der Waals surface area contributed by atoms with Gasteiger partial charge in [-0.2, -0.15) is 0 Å². The third kappa shape index (κ3) is 3.31. The second-order valence-corrected chi connectivity index (χ2v) is 9.36. The maximum Gasteiger partial charge on any atom is 0.268 e. The van der Waals surface area contributed by atoms with Gasteiger partial charge in [0.15, 0.2) is 4.87 Å². The quantitative estimate of drug-likeness (QED) is 0.543. The van der Waals surface area contributed by atoms with Gasteiger partial charge in [0.25, 0.3) is 11.8 Å². The van der Waals surface area contributed by atoms with Gasteiger partial charge in [-0.15, -0.1) is 11.8 Å². The maximum absolute atomic E-state index is 14.4. The number of fused-ring (bicyclic) bond motifs is 2. The number of hydrogen-bond donors (Lipinski definition) is 0. The highest BCUT2D eigenvalue weighted by molar-refractivity contribution is 8.01. The van der Waals surface area contributed by atoms with Crippen LogP contribution in [0.5, 0.6) is 0 Å². The molecule has 33 heavy (non-hydrogen) atoms. The van der Waals surface area contributed by atoms with E-state index in [4.69, 9.17) is 0 Å². The van der Waals surface area contributed by atoms with Gasteiger partial charge in [-0.05, 0) is 31.2 Å². The molecule has 2 heterocycles. The number of nitrogens with zero attached hydrogens (tertiary/aromatic N) is 2. The molecule has 1 fully saturated rings. The van der Waals surface area contributed by atoms with Crippen LogP contribution >= 0.6 is 11.8 Å². The first kappa shape index (κ1) is 21.6. The molecule has 0 N–H and O–H groups in total. The molecule has 5 rings (SSSR count). The molecule has 1 saturated heterocycles. The van der Waals surface area contributed by atoms with Crippen molar-refractivity contribution in [2.45, 2.75) is 18.3 Å². The molecule has 0 saturated carbocycles. The first-order chi connectivity index (χ1) is 15.8. The lowest BCUT2D eigenvalue weighted by molar-refractivity contribution is -0.123. The number of hydrogen-bond acceptors (Lipinski definition) is 3. The van der Waals surface area contributed by atoms with Crippen LogP contribution in [0.15, 0.2) is 60.7 Å². The van der Waals surface area contributed by atoms with Crippen LogP contribution in [0.2, 0.25) is 0 Å². The number of carbonyl (C=O) groups excluding carboxylic acids is 2. The molecular weight excluding hydrogens is 449 g/mol. The highest BCUT2D eigenvalue weighted by Crippen LogP contribution is 2.55. The molecule has 0 aliphatic carbocycles. The Morgan fingerprint density at radius 2 is 1.82 bits per heavy atom. The smallest absolute Gasteiger partial charge is 0.268 e. The molecule has 2 amide bonds. The molecule has 2 aliphatic rings.